The molecule has 0 atom stereocenters. The first-order valence-electron chi connectivity index (χ1n) is 7.95. The third-order valence-corrected chi connectivity index (χ3v) is 5.21. The van der Waals surface area contributed by atoms with Crippen molar-refractivity contribution in [1.82, 2.24) is 5.32 Å². The summed E-state index contributed by atoms with van der Waals surface area (Å²) >= 11 is 3.54. The lowest BCUT2D eigenvalue weighted by Gasteiger charge is -2.42. The van der Waals surface area contributed by atoms with E-state index in [2.05, 4.69) is 39.4 Å². The minimum Gasteiger partial charge on any atom is -0.399 e. The van der Waals surface area contributed by atoms with Crippen molar-refractivity contribution in [3.8, 4) is 0 Å². The number of hydrogen-bond donors (Lipinski definition) is 2. The highest BCUT2D eigenvalue weighted by atomic mass is 79.9. The van der Waals surface area contributed by atoms with Crippen LogP contribution in [0.3, 0.4) is 0 Å². The molecule has 3 N–H and O–H groups in total. The summed E-state index contributed by atoms with van der Waals surface area (Å²) in [4.78, 5) is 12.2. The van der Waals surface area contributed by atoms with Crippen LogP contribution in [0.15, 0.2) is 53.0 Å². The fraction of sp³-hybridized carbons (Fsp3) is 0.316. The summed E-state index contributed by atoms with van der Waals surface area (Å²) in [6.45, 7) is 0.706. The van der Waals surface area contributed by atoms with E-state index in [0.717, 1.165) is 28.6 Å². The Balaban J connectivity index is 1.62. The molecule has 120 valence electrons. The first kappa shape index (κ1) is 16.1. The van der Waals surface area contributed by atoms with Crippen molar-refractivity contribution in [1.29, 1.82) is 0 Å². The normalized spacial score (nSPS) is 15.7. The molecule has 1 fully saturated rings. The van der Waals surface area contributed by atoms with Crippen LogP contribution in [0.4, 0.5) is 5.69 Å². The first-order valence-corrected chi connectivity index (χ1v) is 8.74. The molecule has 2 aromatic rings. The van der Waals surface area contributed by atoms with Crippen LogP contribution in [0.1, 0.15) is 30.4 Å². The zero-order valence-electron chi connectivity index (χ0n) is 13.0. The molecule has 0 aromatic heterocycles. The molecule has 0 radical (unpaired) electrons. The van der Waals surface area contributed by atoms with Gasteiger partial charge in [0.05, 0.1) is 6.42 Å². The lowest BCUT2D eigenvalue weighted by Crippen LogP contribution is -2.45. The molecule has 2 aromatic carbocycles. The molecule has 3 rings (SSSR count). The van der Waals surface area contributed by atoms with Crippen molar-refractivity contribution in [3.05, 3.63) is 64.1 Å². The average Bonchev–Trinajstić information content (AvgIpc) is 2.49. The van der Waals surface area contributed by atoms with Crippen molar-refractivity contribution in [3.63, 3.8) is 0 Å². The Hall–Kier alpha value is -1.81. The number of rotatable bonds is 5. The molecule has 4 heteroatoms. The van der Waals surface area contributed by atoms with Crippen LogP contribution in [0.2, 0.25) is 0 Å². The van der Waals surface area contributed by atoms with Gasteiger partial charge < -0.3 is 11.1 Å². The van der Waals surface area contributed by atoms with Gasteiger partial charge in [0.15, 0.2) is 0 Å². The van der Waals surface area contributed by atoms with E-state index in [1.807, 2.05) is 30.3 Å². The Kier molecular flexibility index (Phi) is 4.71. The van der Waals surface area contributed by atoms with Gasteiger partial charge in [-0.1, -0.05) is 46.6 Å². The van der Waals surface area contributed by atoms with Crippen molar-refractivity contribution in [2.75, 3.05) is 12.3 Å². The van der Waals surface area contributed by atoms with Gasteiger partial charge in [-0.05, 0) is 48.2 Å². The van der Waals surface area contributed by atoms with E-state index in [0.29, 0.717) is 13.0 Å². The van der Waals surface area contributed by atoms with E-state index in [1.54, 1.807) is 0 Å². The molecule has 0 saturated heterocycles. The van der Waals surface area contributed by atoms with Crippen LogP contribution < -0.4 is 11.1 Å². The predicted molar refractivity (Wildman–Crippen MR) is 97.2 cm³/mol. The van der Waals surface area contributed by atoms with Gasteiger partial charge in [-0.25, -0.2) is 0 Å². The van der Waals surface area contributed by atoms with Gasteiger partial charge in [0.2, 0.25) is 5.91 Å². The molecule has 0 spiro atoms. The molecular formula is C19H21BrN2O. The maximum atomic E-state index is 12.2. The van der Waals surface area contributed by atoms with Crippen molar-refractivity contribution >= 4 is 27.5 Å². The van der Waals surface area contributed by atoms with Gasteiger partial charge in [-0.15, -0.1) is 0 Å². The number of benzene rings is 2. The summed E-state index contributed by atoms with van der Waals surface area (Å²) in [5.41, 5.74) is 8.79. The largest absolute Gasteiger partial charge is 0.399 e. The topological polar surface area (TPSA) is 55.1 Å². The van der Waals surface area contributed by atoms with Gasteiger partial charge in [0.25, 0.3) is 0 Å². The van der Waals surface area contributed by atoms with E-state index in [-0.39, 0.29) is 11.3 Å². The molecule has 0 aliphatic heterocycles. The van der Waals surface area contributed by atoms with Gasteiger partial charge in [0, 0.05) is 22.1 Å². The van der Waals surface area contributed by atoms with Crippen LogP contribution in [-0.2, 0) is 16.6 Å². The third kappa shape index (κ3) is 3.75. The summed E-state index contributed by atoms with van der Waals surface area (Å²) in [7, 11) is 0. The van der Waals surface area contributed by atoms with Crippen molar-refractivity contribution < 1.29 is 4.79 Å². The van der Waals surface area contributed by atoms with Crippen molar-refractivity contribution in [2.24, 2.45) is 0 Å². The number of carbonyl (C=O) groups excluding carboxylic acids is 1. The molecule has 1 aliphatic carbocycles. The van der Waals surface area contributed by atoms with Crippen LogP contribution in [-0.4, -0.2) is 12.5 Å². The molecule has 1 amide bonds. The fourth-order valence-corrected chi connectivity index (χ4v) is 3.54. The molecule has 0 bridgehead atoms. The monoisotopic (exact) mass is 372 g/mol. The quantitative estimate of drug-likeness (QED) is 0.783. The second kappa shape index (κ2) is 6.75. The minimum absolute atomic E-state index is 0.0658. The van der Waals surface area contributed by atoms with E-state index in [4.69, 9.17) is 5.73 Å². The van der Waals surface area contributed by atoms with Gasteiger partial charge in [0.1, 0.15) is 0 Å². The van der Waals surface area contributed by atoms with Gasteiger partial charge in [-0.3, -0.25) is 4.79 Å². The van der Waals surface area contributed by atoms with E-state index in [1.165, 1.54) is 12.0 Å². The second-order valence-electron chi connectivity index (χ2n) is 6.34. The standard InChI is InChI=1S/C19H21BrN2O/c20-16-4-1-3-15(12-16)19(9-2-10-19)13-22-18(23)11-14-5-7-17(21)8-6-14/h1,3-8,12H,2,9-11,13,21H2,(H,22,23). The van der Waals surface area contributed by atoms with E-state index < -0.39 is 0 Å². The number of amides is 1. The number of nitrogens with two attached hydrogens (primary N) is 1. The Labute approximate surface area is 145 Å². The lowest BCUT2D eigenvalue weighted by molar-refractivity contribution is -0.120. The number of carbonyl (C=O) groups is 1. The van der Waals surface area contributed by atoms with Crippen LogP contribution >= 0.6 is 15.9 Å². The lowest BCUT2D eigenvalue weighted by atomic mass is 9.64. The van der Waals surface area contributed by atoms with E-state index >= 15 is 0 Å². The molecule has 3 nitrogen and oxygen atoms in total. The molecule has 1 aliphatic rings. The smallest absolute Gasteiger partial charge is 0.224 e. The van der Waals surface area contributed by atoms with Crippen LogP contribution in [0, 0.1) is 0 Å². The molecule has 0 heterocycles. The summed E-state index contributed by atoms with van der Waals surface area (Å²) in [5.74, 6) is 0.0658. The maximum Gasteiger partial charge on any atom is 0.224 e. The second-order valence-corrected chi connectivity index (χ2v) is 7.25. The van der Waals surface area contributed by atoms with Gasteiger partial charge in [-0.2, -0.15) is 0 Å². The Morgan fingerprint density at radius 2 is 1.91 bits per heavy atom. The summed E-state index contributed by atoms with van der Waals surface area (Å²) in [6.07, 6.45) is 3.88. The van der Waals surface area contributed by atoms with Crippen molar-refractivity contribution in [2.45, 2.75) is 31.1 Å². The Bertz CT molecular complexity index is 693. The number of nitrogens with one attached hydrogen (secondary N) is 1. The SMILES string of the molecule is Nc1ccc(CC(=O)NCC2(c3cccc(Br)c3)CCC2)cc1. The Morgan fingerprint density at radius 3 is 2.52 bits per heavy atom. The molecular weight excluding hydrogens is 352 g/mol. The highest BCUT2D eigenvalue weighted by Crippen LogP contribution is 2.43. The van der Waals surface area contributed by atoms with Gasteiger partial charge >= 0.3 is 0 Å². The van der Waals surface area contributed by atoms with Crippen LogP contribution in [0.5, 0.6) is 0 Å². The fourth-order valence-electron chi connectivity index (χ4n) is 3.14. The number of hydrogen-bond acceptors (Lipinski definition) is 2. The van der Waals surface area contributed by atoms with E-state index in [9.17, 15) is 4.79 Å². The third-order valence-electron chi connectivity index (χ3n) is 4.72. The minimum atomic E-state index is 0.0658. The number of anilines is 1. The predicted octanol–water partition coefficient (Wildman–Crippen LogP) is 3.81. The summed E-state index contributed by atoms with van der Waals surface area (Å²) < 4.78 is 1.09. The highest BCUT2D eigenvalue weighted by molar-refractivity contribution is 9.10. The maximum absolute atomic E-state index is 12.2. The summed E-state index contributed by atoms with van der Waals surface area (Å²) in [6, 6.07) is 15.9. The van der Waals surface area contributed by atoms with Crippen LogP contribution in [0.25, 0.3) is 0 Å². The number of nitrogen functional groups attached to an aromatic ring is 1. The average molecular weight is 373 g/mol. The molecule has 1 saturated carbocycles. The molecule has 0 unspecified atom stereocenters. The molecule has 23 heavy (non-hydrogen) atoms. The highest BCUT2D eigenvalue weighted by Gasteiger charge is 2.38. The Morgan fingerprint density at radius 1 is 1.17 bits per heavy atom. The zero-order chi connectivity index (χ0) is 16.3. The number of halogens is 1. The first-order chi connectivity index (χ1) is 11.1. The zero-order valence-corrected chi connectivity index (χ0v) is 14.6. The summed E-state index contributed by atoms with van der Waals surface area (Å²) in [5, 5.41) is 3.12.